The highest BCUT2D eigenvalue weighted by Crippen LogP contribution is 2.37. The van der Waals surface area contributed by atoms with Crippen LogP contribution in [0, 0.1) is 17.8 Å². The van der Waals surface area contributed by atoms with E-state index in [1.165, 1.54) is 12.8 Å². The average Bonchev–Trinajstić information content (AvgIpc) is 3.50. The van der Waals surface area contributed by atoms with Crippen molar-refractivity contribution >= 4 is 35.0 Å². The molecule has 3 aliphatic rings. The number of hydrogen-bond donors (Lipinski definition) is 2. The van der Waals surface area contributed by atoms with Crippen LogP contribution in [0.1, 0.15) is 81.7 Å². The van der Waals surface area contributed by atoms with Crippen LogP contribution in [0.2, 0.25) is 5.02 Å². The van der Waals surface area contributed by atoms with E-state index in [-0.39, 0.29) is 18.0 Å². The fourth-order valence-corrected chi connectivity index (χ4v) is 8.31. The molecule has 3 aromatic rings. The summed E-state index contributed by atoms with van der Waals surface area (Å²) in [7, 11) is 4.10. The van der Waals surface area contributed by atoms with E-state index >= 15 is 0 Å². The Bertz CT molecular complexity index is 1520. The highest BCUT2D eigenvalue weighted by atomic mass is 35.5. The number of aryl methyl sites for hydroxylation is 1. The number of carbonyl (C=O) groups is 1. The van der Waals surface area contributed by atoms with E-state index in [1.54, 1.807) is 0 Å². The Labute approximate surface area is 284 Å². The minimum atomic E-state index is -0.660. The first-order chi connectivity index (χ1) is 22.7. The van der Waals surface area contributed by atoms with Crippen molar-refractivity contribution < 1.29 is 9.90 Å². The Hall–Kier alpha value is -3.37. The van der Waals surface area contributed by atoms with Crippen molar-refractivity contribution in [1.29, 1.82) is 0 Å². The second kappa shape index (κ2) is 14.8. The van der Waals surface area contributed by atoms with Crippen LogP contribution in [-0.2, 0) is 24.8 Å². The molecule has 2 aliphatic heterocycles. The maximum atomic E-state index is 11.6. The Morgan fingerprint density at radius 2 is 1.98 bits per heavy atom. The maximum absolute atomic E-state index is 11.6. The molecule has 1 aliphatic carbocycles. The molecule has 0 unspecified atom stereocenters. The molecule has 1 saturated carbocycles. The van der Waals surface area contributed by atoms with E-state index in [4.69, 9.17) is 21.6 Å². The van der Waals surface area contributed by atoms with E-state index in [1.807, 2.05) is 36.1 Å². The van der Waals surface area contributed by atoms with Crippen LogP contribution in [0.4, 0.5) is 17.5 Å². The number of halogens is 1. The molecule has 11 heteroatoms. The monoisotopic (exact) mass is 662 g/mol. The van der Waals surface area contributed by atoms with Gasteiger partial charge in [0, 0.05) is 80.8 Å². The SMILES string of the molecule is CC[C@H](C1CCC(C(=O)O)CC1)N(C)c1nc2c(c(N[C@@H](CN3CCC[C@H](C)C3)c3cnn(C)c3)n1)CN(c1cccc(Cl)c1)CC2. The molecule has 254 valence electrons. The van der Waals surface area contributed by atoms with Crippen molar-refractivity contribution in [2.24, 2.45) is 24.8 Å². The van der Waals surface area contributed by atoms with Gasteiger partial charge in [-0.25, -0.2) is 4.98 Å². The number of fused-ring (bicyclic) bond motifs is 1. The fourth-order valence-electron chi connectivity index (χ4n) is 8.12. The van der Waals surface area contributed by atoms with E-state index in [0.29, 0.717) is 18.4 Å². The van der Waals surface area contributed by atoms with Crippen LogP contribution in [-0.4, -0.2) is 75.0 Å². The normalized spacial score (nSPS) is 23.2. The molecule has 3 atom stereocenters. The van der Waals surface area contributed by atoms with Gasteiger partial charge in [0.15, 0.2) is 0 Å². The van der Waals surface area contributed by atoms with Crippen LogP contribution < -0.4 is 15.1 Å². The highest BCUT2D eigenvalue weighted by molar-refractivity contribution is 6.30. The largest absolute Gasteiger partial charge is 0.481 e. The third-order valence-corrected chi connectivity index (χ3v) is 11.0. The van der Waals surface area contributed by atoms with Crippen LogP contribution in [0.25, 0.3) is 0 Å². The topological polar surface area (TPSA) is 103 Å². The van der Waals surface area contributed by atoms with Gasteiger partial charge in [-0.3, -0.25) is 9.48 Å². The van der Waals surface area contributed by atoms with E-state index in [9.17, 15) is 9.90 Å². The number of hydrogen-bond acceptors (Lipinski definition) is 8. The predicted molar refractivity (Wildman–Crippen MR) is 188 cm³/mol. The number of aliphatic carboxylic acids is 1. The lowest BCUT2D eigenvalue weighted by atomic mass is 9.77. The van der Waals surface area contributed by atoms with Gasteiger partial charge in [0.2, 0.25) is 5.95 Å². The summed E-state index contributed by atoms with van der Waals surface area (Å²) in [6, 6.07) is 8.33. The number of nitrogens with one attached hydrogen (secondary N) is 1. The molecule has 1 aromatic carbocycles. The van der Waals surface area contributed by atoms with Gasteiger partial charge in [0.1, 0.15) is 5.82 Å². The fraction of sp³-hybridized carbons (Fsp3) is 0.611. The van der Waals surface area contributed by atoms with Crippen LogP contribution >= 0.6 is 11.6 Å². The van der Waals surface area contributed by atoms with Crippen molar-refractivity contribution in [3.63, 3.8) is 0 Å². The Morgan fingerprint density at radius 1 is 1.17 bits per heavy atom. The van der Waals surface area contributed by atoms with Crippen molar-refractivity contribution in [3.8, 4) is 0 Å². The minimum Gasteiger partial charge on any atom is -0.481 e. The van der Waals surface area contributed by atoms with Crippen LogP contribution in [0.5, 0.6) is 0 Å². The molecular weight excluding hydrogens is 612 g/mol. The summed E-state index contributed by atoms with van der Waals surface area (Å²) in [6.07, 6.45) is 11.7. The van der Waals surface area contributed by atoms with Crippen LogP contribution in [0.15, 0.2) is 36.7 Å². The Balaban J connectivity index is 1.34. The molecule has 6 rings (SSSR count). The quantitative estimate of drug-likeness (QED) is 0.241. The number of likely N-dealkylation sites (tertiary alicyclic amines) is 1. The second-order valence-corrected chi connectivity index (χ2v) is 14.6. The second-order valence-electron chi connectivity index (χ2n) is 14.1. The lowest BCUT2D eigenvalue weighted by molar-refractivity contribution is -0.143. The summed E-state index contributed by atoms with van der Waals surface area (Å²) in [5.74, 6) is 1.85. The first-order valence-electron chi connectivity index (χ1n) is 17.5. The minimum absolute atomic E-state index is 0.0148. The lowest BCUT2D eigenvalue weighted by Crippen LogP contribution is -2.42. The summed E-state index contributed by atoms with van der Waals surface area (Å²) < 4.78 is 1.88. The Kier molecular flexibility index (Phi) is 10.6. The van der Waals surface area contributed by atoms with Crippen LogP contribution in [0.3, 0.4) is 0 Å². The molecule has 0 spiro atoms. The molecule has 47 heavy (non-hydrogen) atoms. The summed E-state index contributed by atoms with van der Waals surface area (Å²) in [5, 5.41) is 18.8. The van der Waals surface area contributed by atoms with E-state index < -0.39 is 5.97 Å². The standard InChI is InChI=1S/C36H51ClN8O2/c1-5-33(25-11-13-26(14-12-25)35(46)47)43(4)36-40-31-15-17-45(29-10-6-9-28(37)18-29)22-30(31)34(41-36)39-32(27-19-38-42(3)21-27)23-44-16-7-8-24(2)20-44/h6,9-10,18-19,21,24-26,32-33H,5,7-8,11-17,20,22-23H2,1-4H3,(H,46,47)(H,39,40,41)/t24-,25?,26?,32-,33+/m0/s1. The number of nitrogens with zero attached hydrogens (tertiary/aromatic N) is 7. The molecule has 2 fully saturated rings. The van der Waals surface area contributed by atoms with Gasteiger partial charge in [-0.05, 0) is 81.5 Å². The zero-order valence-electron chi connectivity index (χ0n) is 28.4. The lowest BCUT2D eigenvalue weighted by Gasteiger charge is -2.39. The van der Waals surface area contributed by atoms with Crippen molar-refractivity contribution in [3.05, 3.63) is 58.5 Å². The van der Waals surface area contributed by atoms with Gasteiger partial charge >= 0.3 is 5.97 Å². The van der Waals surface area contributed by atoms with Gasteiger partial charge in [-0.2, -0.15) is 10.1 Å². The average molecular weight is 663 g/mol. The third kappa shape index (κ3) is 7.86. The third-order valence-electron chi connectivity index (χ3n) is 10.7. The molecule has 4 heterocycles. The van der Waals surface area contributed by atoms with Gasteiger partial charge in [0.05, 0.1) is 23.9 Å². The summed E-state index contributed by atoms with van der Waals surface area (Å²) >= 11 is 6.41. The number of rotatable bonds is 11. The molecule has 0 bridgehead atoms. The summed E-state index contributed by atoms with van der Waals surface area (Å²) in [4.78, 5) is 29.4. The maximum Gasteiger partial charge on any atom is 0.306 e. The summed E-state index contributed by atoms with van der Waals surface area (Å²) in [5.41, 5.74) is 4.47. The van der Waals surface area contributed by atoms with E-state index in [2.05, 4.69) is 58.3 Å². The number of anilines is 3. The van der Waals surface area contributed by atoms with Crippen molar-refractivity contribution in [2.45, 2.75) is 83.8 Å². The zero-order valence-corrected chi connectivity index (χ0v) is 29.2. The van der Waals surface area contributed by atoms with Crippen molar-refractivity contribution in [2.75, 3.05) is 48.3 Å². The molecular formula is C36H51ClN8O2. The van der Waals surface area contributed by atoms with Gasteiger partial charge < -0.3 is 25.1 Å². The summed E-state index contributed by atoms with van der Waals surface area (Å²) in [6.45, 7) is 9.19. The molecule has 0 amide bonds. The molecule has 1 saturated heterocycles. The number of benzene rings is 1. The van der Waals surface area contributed by atoms with E-state index in [0.717, 1.165) is 104 Å². The van der Waals surface area contributed by atoms with Gasteiger partial charge in [-0.15, -0.1) is 0 Å². The van der Waals surface area contributed by atoms with Crippen molar-refractivity contribution in [1.82, 2.24) is 24.6 Å². The number of piperidine rings is 1. The first kappa shape index (κ1) is 33.5. The van der Waals surface area contributed by atoms with Gasteiger partial charge in [0.25, 0.3) is 0 Å². The predicted octanol–water partition coefficient (Wildman–Crippen LogP) is 6.42. The molecule has 10 nitrogen and oxygen atoms in total. The molecule has 2 aromatic heterocycles. The highest BCUT2D eigenvalue weighted by Gasteiger charge is 2.34. The van der Waals surface area contributed by atoms with Gasteiger partial charge in [-0.1, -0.05) is 31.5 Å². The zero-order chi connectivity index (χ0) is 33.1. The molecule has 0 radical (unpaired) electrons. The number of carboxylic acids is 1. The smallest absolute Gasteiger partial charge is 0.306 e. The number of aromatic nitrogens is 4. The first-order valence-corrected chi connectivity index (χ1v) is 17.9. The molecule has 2 N–H and O–H groups in total. The number of carboxylic acid groups (broad SMARTS) is 1. The Morgan fingerprint density at radius 3 is 2.66 bits per heavy atom.